The van der Waals surface area contributed by atoms with Crippen molar-refractivity contribution in [1.29, 1.82) is 0 Å². The van der Waals surface area contributed by atoms with Crippen molar-refractivity contribution >= 4 is 40.3 Å². The van der Waals surface area contributed by atoms with Gasteiger partial charge < -0.3 is 0 Å². The van der Waals surface area contributed by atoms with Gasteiger partial charge in [-0.15, -0.1) is 0 Å². The second-order valence-corrected chi connectivity index (χ2v) is 5.96. The van der Waals surface area contributed by atoms with Crippen LogP contribution in [0.5, 0.6) is 0 Å². The van der Waals surface area contributed by atoms with E-state index in [2.05, 4.69) is 16.9 Å². The predicted octanol–water partition coefficient (Wildman–Crippen LogP) is 5.15. The van der Waals surface area contributed by atoms with Gasteiger partial charge in [0.1, 0.15) is 0 Å². The van der Waals surface area contributed by atoms with E-state index in [1.165, 1.54) is 17.5 Å². The van der Waals surface area contributed by atoms with Gasteiger partial charge in [0, 0.05) is 22.4 Å². The van der Waals surface area contributed by atoms with Crippen LogP contribution in [0.1, 0.15) is 16.7 Å². The van der Waals surface area contributed by atoms with E-state index in [-0.39, 0.29) is 0 Å². The highest BCUT2D eigenvalue weighted by molar-refractivity contribution is 7.97. The standard InChI is InChI=1S/C15H14Cl2N2S/c1-10-6-8-12(9-7-10)20-19-18-15(17)14-11(2)4-3-5-13(14)16/h3-9,19H,1-2H3/b18-15-. The molecule has 0 aromatic heterocycles. The number of nitrogens with zero attached hydrogens (tertiary/aromatic N) is 1. The van der Waals surface area contributed by atoms with Crippen LogP contribution in [0.4, 0.5) is 0 Å². The highest BCUT2D eigenvalue weighted by Gasteiger charge is 2.08. The predicted molar refractivity (Wildman–Crippen MR) is 88.8 cm³/mol. The van der Waals surface area contributed by atoms with Crippen LogP contribution in [0, 0.1) is 13.8 Å². The summed E-state index contributed by atoms with van der Waals surface area (Å²) in [5.41, 5.74) is 2.98. The average molecular weight is 325 g/mol. The minimum absolute atomic E-state index is 0.354. The zero-order valence-electron chi connectivity index (χ0n) is 11.2. The van der Waals surface area contributed by atoms with Gasteiger partial charge >= 0.3 is 0 Å². The van der Waals surface area contributed by atoms with Crippen molar-refractivity contribution in [3.05, 3.63) is 64.2 Å². The topological polar surface area (TPSA) is 24.4 Å². The van der Waals surface area contributed by atoms with Crippen molar-refractivity contribution in [1.82, 2.24) is 4.83 Å². The Hall–Kier alpha value is -1.16. The molecule has 0 radical (unpaired) electrons. The average Bonchev–Trinajstić information content (AvgIpc) is 2.41. The summed E-state index contributed by atoms with van der Waals surface area (Å²) in [4.78, 5) is 3.96. The summed E-state index contributed by atoms with van der Waals surface area (Å²) in [6, 6.07) is 13.8. The van der Waals surface area contributed by atoms with Crippen LogP contribution in [0.2, 0.25) is 5.02 Å². The van der Waals surface area contributed by atoms with Crippen LogP contribution in [0.3, 0.4) is 0 Å². The second-order valence-electron chi connectivity index (χ2n) is 4.34. The van der Waals surface area contributed by atoms with Crippen LogP contribution < -0.4 is 4.83 Å². The molecule has 0 saturated heterocycles. The van der Waals surface area contributed by atoms with Crippen LogP contribution in [0.15, 0.2) is 52.5 Å². The number of hydrogen-bond acceptors (Lipinski definition) is 3. The van der Waals surface area contributed by atoms with Gasteiger partial charge in [0.2, 0.25) is 0 Å². The molecule has 0 atom stereocenters. The van der Waals surface area contributed by atoms with Crippen molar-refractivity contribution in [2.75, 3.05) is 0 Å². The molecule has 5 heteroatoms. The molecule has 0 heterocycles. The van der Waals surface area contributed by atoms with Crippen LogP contribution >= 0.6 is 35.1 Å². The molecule has 0 aliphatic heterocycles. The van der Waals surface area contributed by atoms with Crippen LogP contribution in [-0.4, -0.2) is 5.17 Å². The fourth-order valence-corrected chi connectivity index (χ4v) is 2.89. The first kappa shape index (κ1) is 15.2. The summed E-state index contributed by atoms with van der Waals surface area (Å²) in [6.07, 6.45) is 0. The monoisotopic (exact) mass is 324 g/mol. The molecule has 0 spiro atoms. The second kappa shape index (κ2) is 7.02. The van der Waals surface area contributed by atoms with E-state index in [4.69, 9.17) is 23.2 Å². The molecule has 2 aromatic carbocycles. The third-order valence-corrected chi connectivity index (χ3v) is 4.04. The zero-order valence-corrected chi connectivity index (χ0v) is 13.5. The summed E-state index contributed by atoms with van der Waals surface area (Å²) in [7, 11) is 0. The van der Waals surface area contributed by atoms with Gasteiger partial charge in [-0.2, -0.15) is 5.10 Å². The van der Waals surface area contributed by atoms with Gasteiger partial charge in [-0.25, -0.2) is 4.83 Å². The summed E-state index contributed by atoms with van der Waals surface area (Å²) in [5, 5.41) is 5.10. The molecular formula is C15H14Cl2N2S. The largest absolute Gasteiger partial charge is 0.246 e. The molecule has 0 aliphatic carbocycles. The molecule has 104 valence electrons. The van der Waals surface area contributed by atoms with E-state index in [1.807, 2.05) is 43.3 Å². The van der Waals surface area contributed by atoms with Gasteiger partial charge in [-0.1, -0.05) is 53.0 Å². The number of aryl methyl sites for hydroxylation is 2. The maximum Gasteiger partial charge on any atom is 0.158 e. The van der Waals surface area contributed by atoms with E-state index < -0.39 is 0 Å². The number of benzene rings is 2. The van der Waals surface area contributed by atoms with Crippen molar-refractivity contribution in [3.63, 3.8) is 0 Å². The van der Waals surface area contributed by atoms with Gasteiger partial charge in [-0.3, -0.25) is 0 Å². The molecule has 20 heavy (non-hydrogen) atoms. The molecule has 2 nitrogen and oxygen atoms in total. The van der Waals surface area contributed by atoms with Crippen molar-refractivity contribution in [3.8, 4) is 0 Å². The van der Waals surface area contributed by atoms with Crippen LogP contribution in [0.25, 0.3) is 0 Å². The van der Waals surface area contributed by atoms with E-state index in [0.717, 1.165) is 16.0 Å². The Labute approximate surface area is 133 Å². The van der Waals surface area contributed by atoms with Gasteiger partial charge in [-0.05, 0) is 37.6 Å². The molecular weight excluding hydrogens is 311 g/mol. The maximum absolute atomic E-state index is 6.20. The minimum Gasteiger partial charge on any atom is -0.246 e. The summed E-state index contributed by atoms with van der Waals surface area (Å²) in [6.45, 7) is 4.00. The molecule has 0 bridgehead atoms. The van der Waals surface area contributed by atoms with Gasteiger partial charge in [0.25, 0.3) is 0 Å². The Morgan fingerprint density at radius 2 is 1.80 bits per heavy atom. The number of hydrazone groups is 1. The van der Waals surface area contributed by atoms with Gasteiger partial charge in [0.15, 0.2) is 5.17 Å². The third-order valence-electron chi connectivity index (χ3n) is 2.76. The first-order chi connectivity index (χ1) is 9.58. The molecule has 1 N–H and O–H groups in total. The normalized spacial score (nSPS) is 11.5. The fraction of sp³-hybridized carbons (Fsp3) is 0.133. The highest BCUT2D eigenvalue weighted by atomic mass is 35.5. The summed E-state index contributed by atoms with van der Waals surface area (Å²) < 4.78 is 0. The lowest BCUT2D eigenvalue weighted by Crippen LogP contribution is -2.02. The Morgan fingerprint density at radius 1 is 1.10 bits per heavy atom. The molecule has 2 rings (SSSR count). The number of hydrogen-bond donors (Lipinski definition) is 1. The van der Waals surface area contributed by atoms with E-state index >= 15 is 0 Å². The highest BCUT2D eigenvalue weighted by Crippen LogP contribution is 2.22. The van der Waals surface area contributed by atoms with Crippen molar-refractivity contribution in [2.45, 2.75) is 18.7 Å². The molecule has 0 amide bonds. The maximum atomic E-state index is 6.20. The molecule has 0 unspecified atom stereocenters. The SMILES string of the molecule is Cc1ccc(SN/N=C(\Cl)c2c(C)cccc2Cl)cc1. The van der Waals surface area contributed by atoms with E-state index in [1.54, 1.807) is 6.07 Å². The number of halogens is 2. The minimum atomic E-state index is 0.354. The molecule has 2 aromatic rings. The third kappa shape index (κ3) is 3.92. The van der Waals surface area contributed by atoms with Crippen molar-refractivity contribution in [2.24, 2.45) is 5.10 Å². The Balaban J connectivity index is 2.06. The Kier molecular flexibility index (Phi) is 5.35. The first-order valence-corrected chi connectivity index (χ1v) is 7.62. The lowest BCUT2D eigenvalue weighted by molar-refractivity contribution is 1.11. The van der Waals surface area contributed by atoms with E-state index in [9.17, 15) is 0 Å². The summed E-state index contributed by atoms with van der Waals surface area (Å²) in [5.74, 6) is 0. The lowest BCUT2D eigenvalue weighted by atomic mass is 10.1. The Bertz CT molecular complexity index is 604. The summed E-state index contributed by atoms with van der Waals surface area (Å²) >= 11 is 13.7. The Morgan fingerprint density at radius 3 is 2.45 bits per heavy atom. The molecule has 0 aliphatic rings. The van der Waals surface area contributed by atoms with Gasteiger partial charge in [0.05, 0.1) is 5.02 Å². The van der Waals surface area contributed by atoms with E-state index in [0.29, 0.717) is 10.2 Å². The van der Waals surface area contributed by atoms with Crippen molar-refractivity contribution < 1.29 is 0 Å². The smallest absolute Gasteiger partial charge is 0.158 e. The first-order valence-electron chi connectivity index (χ1n) is 6.05. The number of nitrogens with one attached hydrogen (secondary N) is 1. The molecule has 0 saturated carbocycles. The fourth-order valence-electron chi connectivity index (χ4n) is 1.67. The zero-order chi connectivity index (χ0) is 14.5. The van der Waals surface area contributed by atoms with Crippen LogP contribution in [-0.2, 0) is 0 Å². The number of rotatable bonds is 4. The quantitative estimate of drug-likeness (QED) is 0.477. The lowest BCUT2D eigenvalue weighted by Gasteiger charge is -2.06. The molecule has 0 fully saturated rings.